The molecular formula is C28H33NO6S. The number of hydrogen-bond donors (Lipinski definition) is 1. The summed E-state index contributed by atoms with van der Waals surface area (Å²) < 4.78 is 17.3. The number of Topliss-reactive ketones (excluding diaryl/α,β-unsaturated/α-hetero) is 1. The van der Waals surface area contributed by atoms with Crippen LogP contribution in [0.25, 0.3) is 0 Å². The van der Waals surface area contributed by atoms with Gasteiger partial charge in [-0.15, -0.1) is 0 Å². The molecule has 0 spiro atoms. The smallest absolute Gasteiger partial charge is 0.410 e. The van der Waals surface area contributed by atoms with Gasteiger partial charge in [-0.25, -0.2) is 4.79 Å². The molecule has 2 aromatic rings. The molecule has 192 valence electrons. The second-order valence-corrected chi connectivity index (χ2v) is 11.3. The van der Waals surface area contributed by atoms with E-state index in [4.69, 9.17) is 9.84 Å². The fourth-order valence-corrected chi connectivity index (χ4v) is 5.63. The Morgan fingerprint density at radius 3 is 2.31 bits per heavy atom. The van der Waals surface area contributed by atoms with Crippen molar-refractivity contribution in [3.05, 3.63) is 64.7 Å². The summed E-state index contributed by atoms with van der Waals surface area (Å²) >= 11 is 0. The third kappa shape index (κ3) is 7.03. The highest BCUT2D eigenvalue weighted by Gasteiger charge is 2.28. The van der Waals surface area contributed by atoms with Crippen molar-refractivity contribution in [1.82, 2.24) is 4.90 Å². The normalized spacial score (nSPS) is 20.3. The average molecular weight is 512 g/mol. The maximum Gasteiger partial charge on any atom is 0.410 e. The number of amides is 1. The first-order valence-electron chi connectivity index (χ1n) is 12.5. The van der Waals surface area contributed by atoms with E-state index in [2.05, 4.69) is 6.07 Å². The van der Waals surface area contributed by atoms with Crippen LogP contribution < -0.4 is 0 Å². The number of carboxylic acids is 1. The van der Waals surface area contributed by atoms with Gasteiger partial charge in [0.1, 0.15) is 11.9 Å². The Hall–Kier alpha value is -3.00. The third-order valence-corrected chi connectivity index (χ3v) is 8.06. The highest BCUT2D eigenvalue weighted by Crippen LogP contribution is 2.29. The molecule has 2 aliphatic rings. The van der Waals surface area contributed by atoms with Crippen LogP contribution in [0.5, 0.6) is 0 Å². The molecule has 4 rings (SSSR count). The number of rotatable bonds is 8. The molecule has 1 N–H and O–H groups in total. The molecule has 0 saturated heterocycles. The Labute approximate surface area is 214 Å². The molecule has 1 amide bonds. The fraction of sp³-hybridized carbons (Fsp3) is 0.464. The number of benzene rings is 2. The lowest BCUT2D eigenvalue weighted by Crippen LogP contribution is -2.39. The average Bonchev–Trinajstić information content (AvgIpc) is 2.85. The van der Waals surface area contributed by atoms with Crippen molar-refractivity contribution in [3.8, 4) is 0 Å². The number of fused-ring (bicyclic) bond motifs is 1. The van der Waals surface area contributed by atoms with Crippen LogP contribution in [-0.4, -0.2) is 51.0 Å². The Morgan fingerprint density at radius 2 is 1.64 bits per heavy atom. The van der Waals surface area contributed by atoms with Gasteiger partial charge in [0.15, 0.2) is 0 Å². The predicted molar refractivity (Wildman–Crippen MR) is 136 cm³/mol. The van der Waals surface area contributed by atoms with Gasteiger partial charge in [-0.1, -0.05) is 30.3 Å². The molecule has 36 heavy (non-hydrogen) atoms. The minimum absolute atomic E-state index is 0.124. The summed E-state index contributed by atoms with van der Waals surface area (Å²) in [5.74, 6) is -0.468. The van der Waals surface area contributed by atoms with Crippen LogP contribution in [0.1, 0.15) is 54.4 Å². The minimum atomic E-state index is -1.03. The second-order valence-electron chi connectivity index (χ2n) is 9.89. The van der Waals surface area contributed by atoms with Crippen LogP contribution in [-0.2, 0) is 50.9 Å². The zero-order chi connectivity index (χ0) is 25.7. The van der Waals surface area contributed by atoms with Crippen molar-refractivity contribution in [2.75, 3.05) is 12.8 Å². The Kier molecular flexibility index (Phi) is 8.56. The molecular weight excluding hydrogens is 478 g/mol. The molecule has 1 aliphatic heterocycles. The molecule has 1 fully saturated rings. The van der Waals surface area contributed by atoms with Crippen LogP contribution in [0, 0.1) is 5.92 Å². The molecule has 1 unspecified atom stereocenters. The maximum atomic E-state index is 12.7. The highest BCUT2D eigenvalue weighted by molar-refractivity contribution is 7.84. The summed E-state index contributed by atoms with van der Waals surface area (Å²) in [6.07, 6.45) is 5.77. The fourth-order valence-electron chi connectivity index (χ4n) is 5.11. The molecule has 1 heterocycles. The first kappa shape index (κ1) is 26.1. The first-order valence-corrected chi connectivity index (χ1v) is 14.0. The van der Waals surface area contributed by atoms with Crippen LogP contribution >= 0.6 is 0 Å². The largest absolute Gasteiger partial charge is 0.481 e. The molecule has 1 aliphatic carbocycles. The van der Waals surface area contributed by atoms with Gasteiger partial charge in [0, 0.05) is 54.3 Å². The van der Waals surface area contributed by atoms with Gasteiger partial charge in [-0.05, 0) is 72.4 Å². The van der Waals surface area contributed by atoms with Gasteiger partial charge in [0.05, 0.1) is 0 Å². The van der Waals surface area contributed by atoms with Gasteiger partial charge in [-0.3, -0.25) is 13.8 Å². The molecule has 7 nitrogen and oxygen atoms in total. The molecule has 0 aromatic heterocycles. The number of nitrogens with zero attached hydrogens (tertiary/aromatic N) is 1. The van der Waals surface area contributed by atoms with Crippen LogP contribution in [0.15, 0.2) is 47.4 Å². The standard InChI is InChI=1S/C28H33NO6S/c1-36(34)26-10-5-19(6-11-26)15-24(30)16-21-2-7-23-18-29(13-12-22(23)14-21)28(33)35-25-8-3-20(4-9-25)17-27(31)32/h2,5-7,10-11,14,20,25H,3-4,8-9,12-13,15-18H2,1H3,(H,31,32). The van der Waals surface area contributed by atoms with Crippen molar-refractivity contribution < 1.29 is 28.4 Å². The van der Waals surface area contributed by atoms with E-state index in [9.17, 15) is 18.6 Å². The van der Waals surface area contributed by atoms with E-state index >= 15 is 0 Å². The number of aliphatic carboxylic acids is 1. The van der Waals surface area contributed by atoms with Gasteiger partial charge in [-0.2, -0.15) is 0 Å². The summed E-state index contributed by atoms with van der Waals surface area (Å²) in [6, 6.07) is 13.4. The number of carbonyl (C=O) groups excluding carboxylic acids is 2. The van der Waals surface area contributed by atoms with Crippen LogP contribution in [0.4, 0.5) is 4.79 Å². The van der Waals surface area contributed by atoms with E-state index in [1.807, 2.05) is 24.3 Å². The van der Waals surface area contributed by atoms with E-state index in [0.717, 1.165) is 40.0 Å². The monoisotopic (exact) mass is 511 g/mol. The number of carbonyl (C=O) groups is 3. The predicted octanol–water partition coefficient (Wildman–Crippen LogP) is 4.31. The quantitative estimate of drug-likeness (QED) is 0.567. The van der Waals surface area contributed by atoms with Crippen molar-refractivity contribution in [2.45, 2.75) is 68.9 Å². The summed E-state index contributed by atoms with van der Waals surface area (Å²) in [4.78, 5) is 38.7. The molecule has 2 aromatic carbocycles. The van der Waals surface area contributed by atoms with Gasteiger partial charge >= 0.3 is 12.1 Å². The number of carboxylic acid groups (broad SMARTS) is 1. The summed E-state index contributed by atoms with van der Waals surface area (Å²) in [5.41, 5.74) is 4.12. The number of hydrogen-bond acceptors (Lipinski definition) is 5. The van der Waals surface area contributed by atoms with Crippen molar-refractivity contribution in [3.63, 3.8) is 0 Å². The minimum Gasteiger partial charge on any atom is -0.481 e. The molecule has 0 bridgehead atoms. The Bertz CT molecular complexity index is 1140. The summed E-state index contributed by atoms with van der Waals surface area (Å²) in [5, 5.41) is 8.95. The van der Waals surface area contributed by atoms with E-state index in [1.54, 1.807) is 23.3 Å². The lowest BCUT2D eigenvalue weighted by molar-refractivity contribution is -0.138. The van der Waals surface area contributed by atoms with E-state index in [-0.39, 0.29) is 30.3 Å². The van der Waals surface area contributed by atoms with Gasteiger partial charge in [0.25, 0.3) is 0 Å². The van der Waals surface area contributed by atoms with Gasteiger partial charge < -0.3 is 14.7 Å². The van der Waals surface area contributed by atoms with Crippen molar-refractivity contribution in [2.24, 2.45) is 5.92 Å². The third-order valence-electron chi connectivity index (χ3n) is 7.12. The lowest BCUT2D eigenvalue weighted by Gasteiger charge is -2.32. The number of ketones is 1. The Morgan fingerprint density at radius 1 is 0.972 bits per heavy atom. The number of ether oxygens (including phenoxy) is 1. The Balaban J connectivity index is 1.26. The molecule has 0 radical (unpaired) electrons. The molecule has 8 heteroatoms. The SMILES string of the molecule is CS(=O)c1ccc(CC(=O)Cc2ccc3c(c2)CCN(C(=O)OC2CCC(CC(=O)O)CC2)C3)cc1. The summed E-state index contributed by atoms with van der Waals surface area (Å²) in [6.45, 7) is 1.06. The summed E-state index contributed by atoms with van der Waals surface area (Å²) in [7, 11) is -1.03. The second kappa shape index (κ2) is 11.8. The lowest BCUT2D eigenvalue weighted by atomic mass is 9.85. The zero-order valence-corrected chi connectivity index (χ0v) is 21.4. The van der Waals surface area contributed by atoms with Crippen LogP contribution in [0.3, 0.4) is 0 Å². The topological polar surface area (TPSA) is 101 Å². The van der Waals surface area contributed by atoms with E-state index < -0.39 is 16.8 Å². The van der Waals surface area contributed by atoms with Crippen LogP contribution in [0.2, 0.25) is 0 Å². The van der Waals surface area contributed by atoms with Crippen molar-refractivity contribution >= 4 is 28.6 Å². The van der Waals surface area contributed by atoms with E-state index in [0.29, 0.717) is 45.2 Å². The molecule has 1 saturated carbocycles. The first-order chi connectivity index (χ1) is 17.3. The van der Waals surface area contributed by atoms with Gasteiger partial charge in [0.2, 0.25) is 0 Å². The highest BCUT2D eigenvalue weighted by atomic mass is 32.2. The maximum absolute atomic E-state index is 12.7. The zero-order valence-electron chi connectivity index (χ0n) is 20.6. The van der Waals surface area contributed by atoms with Crippen molar-refractivity contribution in [1.29, 1.82) is 0 Å². The van der Waals surface area contributed by atoms with E-state index in [1.165, 1.54) is 0 Å². The molecule has 1 atom stereocenters.